The molecule has 21 heavy (non-hydrogen) atoms. The highest BCUT2D eigenvalue weighted by molar-refractivity contribution is 14.1. The first-order valence-electron chi connectivity index (χ1n) is 5.61. The van der Waals surface area contributed by atoms with Crippen molar-refractivity contribution in [1.82, 2.24) is 0 Å². The van der Waals surface area contributed by atoms with Crippen LogP contribution in [-0.4, -0.2) is 19.5 Å². The van der Waals surface area contributed by atoms with E-state index < -0.39 is 16.0 Å². The number of halogens is 2. The second kappa shape index (κ2) is 6.32. The Hall–Kier alpha value is -1.13. The molecule has 0 aliphatic heterocycles. The van der Waals surface area contributed by atoms with E-state index in [0.29, 0.717) is 9.26 Å². The van der Waals surface area contributed by atoms with Gasteiger partial charge in [-0.1, -0.05) is 22.0 Å². The van der Waals surface area contributed by atoms with Gasteiger partial charge in [-0.3, -0.25) is 4.72 Å². The van der Waals surface area contributed by atoms with Crippen molar-refractivity contribution in [3.8, 4) is 0 Å². The Kier molecular flexibility index (Phi) is 4.89. The van der Waals surface area contributed by atoms with Crippen LogP contribution >= 0.6 is 38.5 Å². The molecule has 0 aromatic heterocycles. The normalized spacial score (nSPS) is 11.1. The molecule has 0 atom stereocenters. The summed E-state index contributed by atoms with van der Waals surface area (Å²) >= 11 is 5.10. The minimum atomic E-state index is -3.84. The molecule has 0 spiro atoms. The molecule has 0 fully saturated rings. The van der Waals surface area contributed by atoms with E-state index in [9.17, 15) is 13.2 Å². The third-order valence-corrected chi connectivity index (χ3v) is 5.37. The van der Waals surface area contributed by atoms with Gasteiger partial charge in [0.05, 0.1) is 10.5 Å². The molecule has 2 N–H and O–H groups in total. The summed E-state index contributed by atoms with van der Waals surface area (Å²) in [7, 11) is -3.84. The molecule has 5 nitrogen and oxygen atoms in total. The van der Waals surface area contributed by atoms with Gasteiger partial charge < -0.3 is 5.11 Å². The van der Waals surface area contributed by atoms with Gasteiger partial charge in [0.2, 0.25) is 0 Å². The van der Waals surface area contributed by atoms with Gasteiger partial charge in [-0.25, -0.2) is 13.2 Å². The van der Waals surface area contributed by atoms with E-state index in [2.05, 4.69) is 20.7 Å². The number of nitrogens with one attached hydrogen (secondary N) is 1. The molecular formula is C13H9BrINO4S. The number of hydrogen-bond donors (Lipinski definition) is 2. The van der Waals surface area contributed by atoms with Gasteiger partial charge in [-0.2, -0.15) is 0 Å². The molecule has 110 valence electrons. The summed E-state index contributed by atoms with van der Waals surface area (Å²) in [5.41, 5.74) is 0.340. The molecule has 0 unspecified atom stereocenters. The number of carbonyl (C=O) groups is 1. The van der Waals surface area contributed by atoms with Crippen LogP contribution in [-0.2, 0) is 10.0 Å². The first-order valence-corrected chi connectivity index (χ1v) is 8.96. The SMILES string of the molecule is O=C(O)c1cc(S(=O)(=O)Nc2cccc(Br)c2)ccc1I. The highest BCUT2D eigenvalue weighted by Gasteiger charge is 2.18. The van der Waals surface area contributed by atoms with Crippen LogP contribution in [0.3, 0.4) is 0 Å². The van der Waals surface area contributed by atoms with Gasteiger partial charge in [-0.15, -0.1) is 0 Å². The molecule has 2 aromatic rings. The lowest BCUT2D eigenvalue weighted by atomic mass is 10.2. The summed E-state index contributed by atoms with van der Waals surface area (Å²) in [6.07, 6.45) is 0. The number of carboxylic acid groups (broad SMARTS) is 1. The molecule has 0 saturated heterocycles. The second-order valence-electron chi connectivity index (χ2n) is 4.06. The fourth-order valence-corrected chi connectivity index (χ4v) is 3.64. The predicted molar refractivity (Wildman–Crippen MR) is 91.1 cm³/mol. The van der Waals surface area contributed by atoms with Gasteiger partial charge in [0.1, 0.15) is 0 Å². The van der Waals surface area contributed by atoms with Gasteiger partial charge >= 0.3 is 5.97 Å². The predicted octanol–water partition coefficient (Wildman–Crippen LogP) is 3.55. The first kappa shape index (κ1) is 16.2. The van der Waals surface area contributed by atoms with Crippen LogP contribution in [0.25, 0.3) is 0 Å². The summed E-state index contributed by atoms with van der Waals surface area (Å²) in [6, 6.07) is 10.7. The summed E-state index contributed by atoms with van der Waals surface area (Å²) < 4.78 is 28.2. The lowest BCUT2D eigenvalue weighted by molar-refractivity contribution is 0.0695. The Bertz CT molecular complexity index is 808. The zero-order valence-corrected chi connectivity index (χ0v) is 14.9. The van der Waals surface area contributed by atoms with Crippen molar-refractivity contribution in [2.45, 2.75) is 4.90 Å². The fraction of sp³-hybridized carbons (Fsp3) is 0. The topological polar surface area (TPSA) is 83.5 Å². The quantitative estimate of drug-likeness (QED) is 0.654. The highest BCUT2D eigenvalue weighted by Crippen LogP contribution is 2.22. The summed E-state index contributed by atoms with van der Waals surface area (Å²) in [4.78, 5) is 11.0. The zero-order chi connectivity index (χ0) is 15.6. The highest BCUT2D eigenvalue weighted by atomic mass is 127. The minimum absolute atomic E-state index is 0.0484. The molecule has 0 aliphatic rings. The van der Waals surface area contributed by atoms with Crippen molar-refractivity contribution in [1.29, 1.82) is 0 Å². The van der Waals surface area contributed by atoms with Gasteiger partial charge in [0.25, 0.3) is 10.0 Å². The second-order valence-corrected chi connectivity index (χ2v) is 7.82. The van der Waals surface area contributed by atoms with Crippen LogP contribution in [0.15, 0.2) is 51.8 Å². The smallest absolute Gasteiger partial charge is 0.336 e. The number of aromatic carboxylic acids is 1. The molecule has 0 bridgehead atoms. The molecule has 0 amide bonds. The molecule has 2 aromatic carbocycles. The van der Waals surface area contributed by atoms with Crippen molar-refractivity contribution in [3.63, 3.8) is 0 Å². The van der Waals surface area contributed by atoms with Crippen molar-refractivity contribution in [2.24, 2.45) is 0 Å². The zero-order valence-electron chi connectivity index (χ0n) is 10.4. The van der Waals surface area contributed by atoms with Crippen LogP contribution in [0, 0.1) is 3.57 Å². The lowest BCUT2D eigenvalue weighted by Gasteiger charge is -2.09. The van der Waals surface area contributed by atoms with Crippen molar-refractivity contribution in [2.75, 3.05) is 4.72 Å². The van der Waals surface area contributed by atoms with Gasteiger partial charge in [0.15, 0.2) is 0 Å². The van der Waals surface area contributed by atoms with E-state index in [1.54, 1.807) is 24.3 Å². The third kappa shape index (κ3) is 3.95. The molecule has 0 heterocycles. The first-order chi connectivity index (χ1) is 9.79. The average molecular weight is 482 g/mol. The number of rotatable bonds is 4. The average Bonchev–Trinajstić information content (AvgIpc) is 2.38. The Morgan fingerprint density at radius 1 is 1.19 bits per heavy atom. The van der Waals surface area contributed by atoms with E-state index >= 15 is 0 Å². The summed E-state index contributed by atoms with van der Waals surface area (Å²) in [5, 5.41) is 9.06. The Morgan fingerprint density at radius 2 is 1.90 bits per heavy atom. The maximum Gasteiger partial charge on any atom is 0.336 e. The Morgan fingerprint density at radius 3 is 2.52 bits per heavy atom. The molecule has 0 aliphatic carbocycles. The van der Waals surface area contributed by atoms with E-state index in [4.69, 9.17) is 5.11 Å². The maximum atomic E-state index is 12.3. The molecular weight excluding hydrogens is 473 g/mol. The maximum absolute atomic E-state index is 12.3. The summed E-state index contributed by atoms with van der Waals surface area (Å²) in [6.45, 7) is 0. The van der Waals surface area contributed by atoms with E-state index in [1.165, 1.54) is 12.1 Å². The molecule has 2 rings (SSSR count). The summed E-state index contributed by atoms with van der Waals surface area (Å²) in [5.74, 6) is -1.17. The molecule has 0 radical (unpaired) electrons. The van der Waals surface area contributed by atoms with E-state index in [0.717, 1.165) is 10.5 Å². The lowest BCUT2D eigenvalue weighted by Crippen LogP contribution is -2.14. The number of sulfonamides is 1. The Balaban J connectivity index is 2.40. The fourth-order valence-electron chi connectivity index (χ4n) is 1.60. The third-order valence-electron chi connectivity index (χ3n) is 2.56. The van der Waals surface area contributed by atoms with Crippen molar-refractivity contribution >= 4 is 60.2 Å². The van der Waals surface area contributed by atoms with Gasteiger partial charge in [-0.05, 0) is 59.0 Å². The van der Waals surface area contributed by atoms with Crippen LogP contribution in [0.1, 0.15) is 10.4 Å². The number of benzene rings is 2. The Labute approximate surface area is 143 Å². The van der Waals surface area contributed by atoms with Gasteiger partial charge in [0, 0.05) is 13.7 Å². The molecule has 8 heteroatoms. The van der Waals surface area contributed by atoms with Crippen molar-refractivity contribution < 1.29 is 18.3 Å². The van der Waals surface area contributed by atoms with Crippen LogP contribution in [0.4, 0.5) is 5.69 Å². The van der Waals surface area contributed by atoms with Crippen LogP contribution in [0.2, 0.25) is 0 Å². The van der Waals surface area contributed by atoms with E-state index in [1.807, 2.05) is 22.6 Å². The monoisotopic (exact) mass is 481 g/mol. The number of anilines is 1. The molecule has 0 saturated carbocycles. The number of carboxylic acids is 1. The number of hydrogen-bond acceptors (Lipinski definition) is 3. The standard InChI is InChI=1S/C13H9BrINO4S/c14-8-2-1-3-9(6-8)16-21(19,20)10-4-5-12(15)11(7-10)13(17)18/h1-7,16H,(H,17,18). The van der Waals surface area contributed by atoms with Crippen LogP contribution in [0.5, 0.6) is 0 Å². The largest absolute Gasteiger partial charge is 0.478 e. The minimum Gasteiger partial charge on any atom is -0.478 e. The van der Waals surface area contributed by atoms with E-state index in [-0.39, 0.29) is 10.5 Å². The van der Waals surface area contributed by atoms with Crippen molar-refractivity contribution in [3.05, 3.63) is 56.1 Å². The van der Waals surface area contributed by atoms with Crippen LogP contribution < -0.4 is 4.72 Å².